The van der Waals surface area contributed by atoms with Gasteiger partial charge in [0, 0.05) is 24.2 Å². The van der Waals surface area contributed by atoms with Gasteiger partial charge in [-0.15, -0.1) is 0 Å². The minimum absolute atomic E-state index is 0.0238. The Balaban J connectivity index is 1.42. The maximum Gasteiger partial charge on any atom is 0.242 e. The number of carbonyl (C=O) groups excluding carboxylic acids is 2. The molecule has 0 spiro atoms. The van der Waals surface area contributed by atoms with E-state index >= 15 is 0 Å². The van der Waals surface area contributed by atoms with Crippen LogP contribution in [0.4, 0.5) is 11.5 Å². The first kappa shape index (κ1) is 23.0. The van der Waals surface area contributed by atoms with Crippen LogP contribution in [0.15, 0.2) is 36.5 Å². The summed E-state index contributed by atoms with van der Waals surface area (Å²) in [5.74, 6) is 1.34. The minimum atomic E-state index is -2.99. The Morgan fingerprint density at radius 1 is 1.12 bits per heavy atom. The Labute approximate surface area is 200 Å². The second kappa shape index (κ2) is 7.90. The van der Waals surface area contributed by atoms with Crippen molar-refractivity contribution in [3.05, 3.63) is 47.7 Å². The van der Waals surface area contributed by atoms with Crippen molar-refractivity contribution in [1.29, 1.82) is 0 Å². The molecule has 2 aliphatic heterocycles. The van der Waals surface area contributed by atoms with Crippen LogP contribution in [-0.2, 0) is 20.0 Å². The SMILES string of the molecule is CC1(CC(=O)c2ccc3c(c2)C(C)(C)C(=O)N3c2cc(OC3CC3)ccn2)CCS(=O)(=O)CC1. The quantitative estimate of drug-likeness (QED) is 0.568. The van der Waals surface area contributed by atoms with Crippen molar-refractivity contribution in [2.45, 2.75) is 64.4 Å². The number of aromatic nitrogens is 1. The Kier molecular flexibility index (Phi) is 5.35. The van der Waals surface area contributed by atoms with Crippen LogP contribution in [0, 0.1) is 5.41 Å². The van der Waals surface area contributed by atoms with Gasteiger partial charge in [0.1, 0.15) is 21.4 Å². The molecule has 1 aromatic carbocycles. The molecule has 5 rings (SSSR count). The molecule has 1 saturated carbocycles. The summed E-state index contributed by atoms with van der Waals surface area (Å²) in [5, 5.41) is 0. The Bertz CT molecular complexity index is 1270. The van der Waals surface area contributed by atoms with Crippen LogP contribution >= 0.6 is 0 Å². The first-order valence-electron chi connectivity index (χ1n) is 11.8. The molecule has 1 saturated heterocycles. The zero-order valence-electron chi connectivity index (χ0n) is 19.8. The Morgan fingerprint density at radius 3 is 2.50 bits per heavy atom. The van der Waals surface area contributed by atoms with Gasteiger partial charge < -0.3 is 4.74 Å². The van der Waals surface area contributed by atoms with Crippen LogP contribution in [0.1, 0.15) is 68.8 Å². The van der Waals surface area contributed by atoms with Crippen LogP contribution in [0.5, 0.6) is 5.75 Å². The van der Waals surface area contributed by atoms with Crippen molar-refractivity contribution < 1.29 is 22.7 Å². The van der Waals surface area contributed by atoms with Gasteiger partial charge in [-0.25, -0.2) is 13.4 Å². The highest BCUT2D eigenvalue weighted by Crippen LogP contribution is 2.46. The largest absolute Gasteiger partial charge is 0.490 e. The zero-order chi connectivity index (χ0) is 24.3. The highest BCUT2D eigenvalue weighted by Gasteiger charge is 2.46. The summed E-state index contributed by atoms with van der Waals surface area (Å²) in [4.78, 5) is 32.7. The lowest BCUT2D eigenvalue weighted by Crippen LogP contribution is -2.33. The molecule has 0 N–H and O–H groups in total. The number of benzene rings is 1. The van der Waals surface area contributed by atoms with Gasteiger partial charge in [0.05, 0.1) is 28.7 Å². The lowest BCUT2D eigenvalue weighted by atomic mass is 9.78. The average molecular weight is 483 g/mol. The maximum atomic E-state index is 13.4. The van der Waals surface area contributed by atoms with Crippen molar-refractivity contribution >= 4 is 33.0 Å². The van der Waals surface area contributed by atoms with Crippen LogP contribution in [0.3, 0.4) is 0 Å². The first-order chi connectivity index (χ1) is 16.0. The molecule has 3 aliphatic rings. The number of fused-ring (bicyclic) bond motifs is 1. The van der Waals surface area contributed by atoms with Gasteiger partial charge in [-0.3, -0.25) is 14.5 Å². The van der Waals surface area contributed by atoms with Gasteiger partial charge in [0.25, 0.3) is 0 Å². The maximum absolute atomic E-state index is 13.4. The number of hydrogen-bond acceptors (Lipinski definition) is 6. The number of Topliss-reactive ketones (excluding diaryl/α,β-unsaturated/α-hetero) is 1. The first-order valence-corrected chi connectivity index (χ1v) is 13.7. The van der Waals surface area contributed by atoms with Crippen LogP contribution in [0.2, 0.25) is 0 Å². The van der Waals surface area contributed by atoms with E-state index in [0.29, 0.717) is 36.4 Å². The van der Waals surface area contributed by atoms with E-state index in [1.165, 1.54) is 0 Å². The van der Waals surface area contributed by atoms with Crippen molar-refractivity contribution in [3.63, 3.8) is 0 Å². The topological polar surface area (TPSA) is 93.6 Å². The molecule has 8 heteroatoms. The van der Waals surface area contributed by atoms with Crippen molar-refractivity contribution in [2.24, 2.45) is 5.41 Å². The molecule has 0 radical (unpaired) electrons. The number of sulfone groups is 1. The molecule has 1 aliphatic carbocycles. The molecule has 1 amide bonds. The van der Waals surface area contributed by atoms with E-state index in [4.69, 9.17) is 4.74 Å². The summed E-state index contributed by atoms with van der Waals surface area (Å²) >= 11 is 0. The monoisotopic (exact) mass is 482 g/mol. The molecule has 2 fully saturated rings. The summed E-state index contributed by atoms with van der Waals surface area (Å²) < 4.78 is 29.5. The number of amides is 1. The van der Waals surface area contributed by atoms with E-state index in [0.717, 1.165) is 24.1 Å². The molecule has 0 unspecified atom stereocenters. The average Bonchev–Trinajstić information content (AvgIpc) is 3.57. The standard InChI is InChI=1S/C26H30N2O5S/c1-25(2)20-14-17(22(29)16-26(3)9-12-34(31,32)13-10-26)4-7-21(20)28(24(25)30)23-15-19(8-11-27-23)33-18-5-6-18/h4,7-8,11,14-15,18H,5-6,9-10,12-13,16H2,1-3H3. The summed E-state index contributed by atoms with van der Waals surface area (Å²) in [7, 11) is -2.99. The molecule has 1 aromatic heterocycles. The Hall–Kier alpha value is -2.74. The number of hydrogen-bond donors (Lipinski definition) is 0. The van der Waals surface area contributed by atoms with Gasteiger partial charge in [0.15, 0.2) is 5.78 Å². The predicted octanol–water partition coefficient (Wildman–Crippen LogP) is 4.37. The van der Waals surface area contributed by atoms with Gasteiger partial charge in [0.2, 0.25) is 5.91 Å². The summed E-state index contributed by atoms with van der Waals surface area (Å²) in [5.41, 5.74) is 0.913. The molecule has 3 heterocycles. The van der Waals surface area contributed by atoms with E-state index in [-0.39, 0.29) is 34.7 Å². The van der Waals surface area contributed by atoms with Gasteiger partial charge in [-0.2, -0.15) is 0 Å². The van der Waals surface area contributed by atoms with Gasteiger partial charge >= 0.3 is 0 Å². The smallest absolute Gasteiger partial charge is 0.242 e. The highest BCUT2D eigenvalue weighted by molar-refractivity contribution is 7.91. The van der Waals surface area contributed by atoms with Crippen LogP contribution in [-0.4, -0.2) is 42.7 Å². The highest BCUT2D eigenvalue weighted by atomic mass is 32.2. The van der Waals surface area contributed by atoms with Crippen molar-refractivity contribution in [1.82, 2.24) is 4.98 Å². The molecule has 7 nitrogen and oxygen atoms in total. The molecular weight excluding hydrogens is 452 g/mol. The zero-order valence-corrected chi connectivity index (χ0v) is 20.7. The summed E-state index contributed by atoms with van der Waals surface area (Å²) in [6.07, 6.45) is 5.26. The minimum Gasteiger partial charge on any atom is -0.490 e. The Morgan fingerprint density at radius 2 is 1.82 bits per heavy atom. The lowest BCUT2D eigenvalue weighted by molar-refractivity contribution is -0.121. The number of carbonyl (C=O) groups is 2. The normalized spacial score (nSPS) is 22.3. The second-order valence-corrected chi connectivity index (χ2v) is 13.0. The molecule has 2 aromatic rings. The summed E-state index contributed by atoms with van der Waals surface area (Å²) in [6, 6.07) is 8.99. The van der Waals surface area contributed by atoms with Crippen molar-refractivity contribution in [3.8, 4) is 5.75 Å². The van der Waals surface area contributed by atoms with E-state index < -0.39 is 15.3 Å². The third-order valence-corrected chi connectivity index (χ3v) is 9.02. The van der Waals surface area contributed by atoms with Crippen LogP contribution in [0.25, 0.3) is 0 Å². The van der Waals surface area contributed by atoms with Gasteiger partial charge in [-0.1, -0.05) is 6.92 Å². The van der Waals surface area contributed by atoms with Crippen LogP contribution < -0.4 is 9.64 Å². The predicted molar refractivity (Wildman–Crippen MR) is 129 cm³/mol. The molecule has 0 bridgehead atoms. The van der Waals surface area contributed by atoms with E-state index in [1.54, 1.807) is 29.3 Å². The van der Waals surface area contributed by atoms with Crippen molar-refractivity contribution in [2.75, 3.05) is 16.4 Å². The number of ether oxygens (including phenoxy) is 1. The molecule has 34 heavy (non-hydrogen) atoms. The fourth-order valence-corrected chi connectivity index (χ4v) is 6.62. The lowest BCUT2D eigenvalue weighted by Gasteiger charge is -2.32. The number of pyridine rings is 1. The molecule has 180 valence electrons. The number of nitrogens with zero attached hydrogens (tertiary/aromatic N) is 2. The number of ketones is 1. The van der Waals surface area contributed by atoms with Gasteiger partial charge in [-0.05, 0) is 74.8 Å². The third-order valence-electron chi connectivity index (χ3n) is 7.36. The third kappa shape index (κ3) is 4.24. The number of rotatable bonds is 6. The van der Waals surface area contributed by atoms with E-state index in [1.807, 2.05) is 32.9 Å². The van der Waals surface area contributed by atoms with E-state index in [9.17, 15) is 18.0 Å². The fraction of sp³-hybridized carbons (Fsp3) is 0.500. The number of anilines is 2. The van der Waals surface area contributed by atoms with E-state index in [2.05, 4.69) is 4.98 Å². The second-order valence-electron chi connectivity index (χ2n) is 10.7. The fourth-order valence-electron chi connectivity index (χ4n) is 4.81. The molecule has 0 atom stereocenters. The summed E-state index contributed by atoms with van der Waals surface area (Å²) in [6.45, 7) is 5.71. The molecular formula is C26H30N2O5S.